The first-order chi connectivity index (χ1) is 12.6. The Labute approximate surface area is 151 Å². The standard InChI is InChI=1S/C17H24N6O3/c1-3-21(4-2)11-13-9-19-15-14(10-20-23(15)12-13)16(24)18-5-6-22-7-8-26-17(22)25/h9-10,12H,3-8,11H2,1-2H3,(H,18,24). The van der Waals surface area contributed by atoms with Gasteiger partial charge in [0.15, 0.2) is 5.65 Å². The number of rotatable bonds is 8. The number of cyclic esters (lactones) is 1. The Hall–Kier alpha value is -2.68. The van der Waals surface area contributed by atoms with Crippen LogP contribution in [-0.2, 0) is 11.3 Å². The van der Waals surface area contributed by atoms with Crippen LogP contribution in [0.1, 0.15) is 29.8 Å². The summed E-state index contributed by atoms with van der Waals surface area (Å²) in [5.41, 5.74) is 1.98. The van der Waals surface area contributed by atoms with Gasteiger partial charge in [-0.3, -0.25) is 9.69 Å². The summed E-state index contributed by atoms with van der Waals surface area (Å²) in [6.45, 7) is 8.70. The van der Waals surface area contributed by atoms with Gasteiger partial charge in [0, 0.05) is 37.6 Å². The number of amides is 2. The van der Waals surface area contributed by atoms with Crippen molar-refractivity contribution in [1.29, 1.82) is 0 Å². The number of hydrogen-bond donors (Lipinski definition) is 1. The molecule has 0 bridgehead atoms. The van der Waals surface area contributed by atoms with Gasteiger partial charge in [0.1, 0.15) is 12.2 Å². The van der Waals surface area contributed by atoms with Crippen molar-refractivity contribution in [2.24, 2.45) is 0 Å². The third kappa shape index (κ3) is 3.93. The predicted octanol–water partition coefficient (Wildman–Crippen LogP) is 0.753. The topological polar surface area (TPSA) is 92.1 Å². The van der Waals surface area contributed by atoms with Crippen molar-refractivity contribution in [2.45, 2.75) is 20.4 Å². The molecule has 140 valence electrons. The maximum atomic E-state index is 12.4. The van der Waals surface area contributed by atoms with Gasteiger partial charge in [0.05, 0.1) is 12.7 Å². The van der Waals surface area contributed by atoms with Crippen molar-refractivity contribution in [3.8, 4) is 0 Å². The van der Waals surface area contributed by atoms with Crippen molar-refractivity contribution >= 4 is 17.6 Å². The van der Waals surface area contributed by atoms with Gasteiger partial charge in [-0.25, -0.2) is 14.3 Å². The zero-order chi connectivity index (χ0) is 18.5. The third-order valence-electron chi connectivity index (χ3n) is 4.47. The Bertz CT molecular complexity index is 786. The van der Waals surface area contributed by atoms with Gasteiger partial charge in [0.25, 0.3) is 5.91 Å². The highest BCUT2D eigenvalue weighted by Crippen LogP contribution is 2.10. The number of hydrogen-bond acceptors (Lipinski definition) is 6. The molecule has 0 aliphatic carbocycles. The molecule has 1 aliphatic rings. The van der Waals surface area contributed by atoms with Gasteiger partial charge >= 0.3 is 6.09 Å². The molecule has 1 fully saturated rings. The lowest BCUT2D eigenvalue weighted by Crippen LogP contribution is -2.35. The van der Waals surface area contributed by atoms with Crippen LogP contribution in [0.5, 0.6) is 0 Å². The van der Waals surface area contributed by atoms with Gasteiger partial charge in [0.2, 0.25) is 0 Å². The summed E-state index contributed by atoms with van der Waals surface area (Å²) in [7, 11) is 0. The molecule has 0 unspecified atom stereocenters. The van der Waals surface area contributed by atoms with E-state index in [4.69, 9.17) is 4.74 Å². The van der Waals surface area contributed by atoms with Crippen LogP contribution in [0.15, 0.2) is 18.6 Å². The van der Waals surface area contributed by atoms with Crippen molar-refractivity contribution < 1.29 is 14.3 Å². The highest BCUT2D eigenvalue weighted by Gasteiger charge is 2.21. The zero-order valence-electron chi connectivity index (χ0n) is 15.1. The van der Waals surface area contributed by atoms with E-state index in [-0.39, 0.29) is 12.0 Å². The molecule has 3 rings (SSSR count). The molecule has 2 aromatic rings. The molecule has 1 aliphatic heterocycles. The summed E-state index contributed by atoms with van der Waals surface area (Å²) in [4.78, 5) is 32.0. The number of aromatic nitrogens is 3. The minimum Gasteiger partial charge on any atom is -0.448 e. The van der Waals surface area contributed by atoms with E-state index in [2.05, 4.69) is 34.1 Å². The summed E-state index contributed by atoms with van der Waals surface area (Å²) in [6, 6.07) is 0. The predicted molar refractivity (Wildman–Crippen MR) is 94.9 cm³/mol. The summed E-state index contributed by atoms with van der Waals surface area (Å²) in [6.07, 6.45) is 4.87. The number of carbonyl (C=O) groups excluding carboxylic acids is 2. The van der Waals surface area contributed by atoms with Crippen LogP contribution in [0.25, 0.3) is 5.65 Å². The van der Waals surface area contributed by atoms with Gasteiger partial charge in [-0.1, -0.05) is 13.8 Å². The Kier molecular flexibility index (Phi) is 5.67. The van der Waals surface area contributed by atoms with E-state index in [0.717, 1.165) is 25.2 Å². The highest BCUT2D eigenvalue weighted by atomic mass is 16.6. The van der Waals surface area contributed by atoms with Crippen LogP contribution < -0.4 is 5.32 Å². The molecule has 1 N–H and O–H groups in total. The second-order valence-electron chi connectivity index (χ2n) is 6.11. The number of ether oxygens (including phenoxy) is 1. The molecule has 0 saturated carbocycles. The lowest BCUT2D eigenvalue weighted by atomic mass is 10.3. The van der Waals surface area contributed by atoms with E-state index < -0.39 is 0 Å². The monoisotopic (exact) mass is 360 g/mol. The van der Waals surface area contributed by atoms with Crippen molar-refractivity contribution in [1.82, 2.24) is 29.7 Å². The summed E-state index contributed by atoms with van der Waals surface area (Å²) in [5.74, 6) is -0.253. The second-order valence-corrected chi connectivity index (χ2v) is 6.11. The molecule has 9 nitrogen and oxygen atoms in total. The second kappa shape index (κ2) is 8.13. The lowest BCUT2D eigenvalue weighted by Gasteiger charge is -2.17. The molecule has 2 aromatic heterocycles. The SMILES string of the molecule is CCN(CC)Cc1cnc2c(C(=O)NCCN3CCOC3=O)cnn2c1. The first-order valence-corrected chi connectivity index (χ1v) is 8.86. The summed E-state index contributed by atoms with van der Waals surface area (Å²) < 4.78 is 6.49. The average molecular weight is 360 g/mol. The summed E-state index contributed by atoms with van der Waals surface area (Å²) in [5, 5.41) is 7.05. The molecule has 1 saturated heterocycles. The van der Waals surface area contributed by atoms with E-state index in [1.165, 1.54) is 6.20 Å². The van der Waals surface area contributed by atoms with Gasteiger partial charge in [-0.15, -0.1) is 0 Å². The average Bonchev–Trinajstić information content (AvgIpc) is 3.25. The molecular formula is C17H24N6O3. The normalized spacial score (nSPS) is 14.3. The quantitative estimate of drug-likeness (QED) is 0.747. The fourth-order valence-corrected chi connectivity index (χ4v) is 2.89. The first kappa shape index (κ1) is 18.1. The van der Waals surface area contributed by atoms with Crippen molar-refractivity contribution in [2.75, 3.05) is 39.3 Å². The van der Waals surface area contributed by atoms with Crippen molar-refractivity contribution in [3.05, 3.63) is 29.7 Å². The largest absolute Gasteiger partial charge is 0.448 e. The van der Waals surface area contributed by atoms with Crippen LogP contribution >= 0.6 is 0 Å². The maximum Gasteiger partial charge on any atom is 0.409 e. The first-order valence-electron chi connectivity index (χ1n) is 8.86. The molecule has 0 radical (unpaired) electrons. The van der Waals surface area contributed by atoms with Crippen LogP contribution in [0, 0.1) is 0 Å². The molecule has 0 atom stereocenters. The number of nitrogens with zero attached hydrogens (tertiary/aromatic N) is 5. The number of carbonyl (C=O) groups is 2. The minimum absolute atomic E-state index is 0.253. The Morgan fingerprint density at radius 2 is 2.15 bits per heavy atom. The number of fused-ring (bicyclic) bond motifs is 1. The van der Waals surface area contributed by atoms with E-state index in [0.29, 0.717) is 37.5 Å². The van der Waals surface area contributed by atoms with E-state index in [9.17, 15) is 9.59 Å². The third-order valence-corrected chi connectivity index (χ3v) is 4.47. The van der Waals surface area contributed by atoms with Crippen LogP contribution in [-0.4, -0.2) is 75.7 Å². The fraction of sp³-hybridized carbons (Fsp3) is 0.529. The number of nitrogens with one attached hydrogen (secondary N) is 1. The molecule has 0 aromatic carbocycles. The molecule has 0 spiro atoms. The van der Waals surface area contributed by atoms with Gasteiger partial charge in [-0.2, -0.15) is 5.10 Å². The van der Waals surface area contributed by atoms with E-state index in [1.807, 2.05) is 6.20 Å². The Morgan fingerprint density at radius 3 is 2.85 bits per heavy atom. The molecule has 9 heteroatoms. The molecule has 26 heavy (non-hydrogen) atoms. The highest BCUT2D eigenvalue weighted by molar-refractivity contribution is 5.99. The minimum atomic E-state index is -0.336. The van der Waals surface area contributed by atoms with Gasteiger partial charge < -0.3 is 15.0 Å². The fourth-order valence-electron chi connectivity index (χ4n) is 2.89. The van der Waals surface area contributed by atoms with Crippen LogP contribution in [0.2, 0.25) is 0 Å². The zero-order valence-corrected chi connectivity index (χ0v) is 15.1. The smallest absolute Gasteiger partial charge is 0.409 e. The van der Waals surface area contributed by atoms with E-state index >= 15 is 0 Å². The van der Waals surface area contributed by atoms with Crippen LogP contribution in [0.4, 0.5) is 4.79 Å². The van der Waals surface area contributed by atoms with E-state index in [1.54, 1.807) is 15.6 Å². The molecular weight excluding hydrogens is 336 g/mol. The summed E-state index contributed by atoms with van der Waals surface area (Å²) >= 11 is 0. The molecule has 3 heterocycles. The van der Waals surface area contributed by atoms with Gasteiger partial charge in [-0.05, 0) is 13.1 Å². The van der Waals surface area contributed by atoms with Crippen molar-refractivity contribution in [3.63, 3.8) is 0 Å². The Balaban J connectivity index is 1.62. The van der Waals surface area contributed by atoms with Crippen LogP contribution in [0.3, 0.4) is 0 Å². The lowest BCUT2D eigenvalue weighted by molar-refractivity contribution is 0.0950. The maximum absolute atomic E-state index is 12.4. The Morgan fingerprint density at radius 1 is 1.35 bits per heavy atom. The molecule has 2 amide bonds.